The van der Waals surface area contributed by atoms with Crippen LogP contribution >= 0.6 is 0 Å². The summed E-state index contributed by atoms with van der Waals surface area (Å²) in [7, 11) is 1.67. The van der Waals surface area contributed by atoms with E-state index < -0.39 is 0 Å². The summed E-state index contributed by atoms with van der Waals surface area (Å²) in [6.07, 6.45) is 1.82. The third-order valence-corrected chi connectivity index (χ3v) is 2.43. The first kappa shape index (κ1) is 11.9. The average molecular weight is 174 g/mol. The lowest BCUT2D eigenvalue weighted by molar-refractivity contribution is 0.0426. The third kappa shape index (κ3) is 4.73. The van der Waals surface area contributed by atoms with Crippen LogP contribution in [0.2, 0.25) is 0 Å². The van der Waals surface area contributed by atoms with Crippen molar-refractivity contribution in [3.63, 3.8) is 0 Å². The summed E-state index contributed by atoms with van der Waals surface area (Å²) in [6, 6.07) is 0. The number of methoxy groups -OCH3 is 1. The Bertz CT molecular complexity index is 104. The maximum atomic E-state index is 9.67. The lowest BCUT2D eigenvalue weighted by atomic mass is 9.94. The van der Waals surface area contributed by atoms with E-state index in [0.29, 0.717) is 12.5 Å². The van der Waals surface area contributed by atoms with E-state index in [1.165, 1.54) is 0 Å². The molecule has 2 heteroatoms. The van der Waals surface area contributed by atoms with Gasteiger partial charge in [0.25, 0.3) is 0 Å². The number of ether oxygens (including phenoxy) is 1. The van der Waals surface area contributed by atoms with Crippen LogP contribution in [0.25, 0.3) is 0 Å². The molecule has 0 saturated heterocycles. The van der Waals surface area contributed by atoms with Gasteiger partial charge in [-0.2, -0.15) is 0 Å². The van der Waals surface area contributed by atoms with E-state index in [0.717, 1.165) is 12.8 Å². The Morgan fingerprint density at radius 1 is 1.33 bits per heavy atom. The Labute approximate surface area is 75.9 Å². The van der Waals surface area contributed by atoms with Gasteiger partial charge in [0, 0.05) is 13.0 Å². The van der Waals surface area contributed by atoms with Crippen molar-refractivity contribution in [1.29, 1.82) is 0 Å². The standard InChI is InChI=1S/C10H22O2/c1-5-8(2)6-10(11)9(3)7-12-4/h8-11H,5-7H2,1-4H3. The Morgan fingerprint density at radius 3 is 2.33 bits per heavy atom. The molecule has 12 heavy (non-hydrogen) atoms. The third-order valence-electron chi connectivity index (χ3n) is 2.43. The van der Waals surface area contributed by atoms with E-state index in [1.54, 1.807) is 7.11 Å². The van der Waals surface area contributed by atoms with Crippen molar-refractivity contribution < 1.29 is 9.84 Å². The predicted molar refractivity (Wildman–Crippen MR) is 51.1 cm³/mol. The molecule has 0 spiro atoms. The van der Waals surface area contributed by atoms with Crippen LogP contribution in [0.4, 0.5) is 0 Å². The lowest BCUT2D eigenvalue weighted by Crippen LogP contribution is -2.23. The molecule has 0 heterocycles. The van der Waals surface area contributed by atoms with Crippen LogP contribution in [-0.4, -0.2) is 24.9 Å². The van der Waals surface area contributed by atoms with Crippen LogP contribution < -0.4 is 0 Å². The van der Waals surface area contributed by atoms with Gasteiger partial charge in [-0.1, -0.05) is 27.2 Å². The summed E-state index contributed by atoms with van der Waals surface area (Å²) < 4.78 is 4.98. The molecule has 0 rings (SSSR count). The Kier molecular flexibility index (Phi) is 6.39. The van der Waals surface area contributed by atoms with Crippen molar-refractivity contribution in [2.24, 2.45) is 11.8 Å². The molecule has 0 aromatic carbocycles. The molecule has 2 nitrogen and oxygen atoms in total. The smallest absolute Gasteiger partial charge is 0.0590 e. The van der Waals surface area contributed by atoms with E-state index in [2.05, 4.69) is 13.8 Å². The fraction of sp³-hybridized carbons (Fsp3) is 1.00. The normalized spacial score (nSPS) is 18.8. The largest absolute Gasteiger partial charge is 0.393 e. The van der Waals surface area contributed by atoms with Gasteiger partial charge < -0.3 is 9.84 Å². The molecular weight excluding hydrogens is 152 g/mol. The van der Waals surface area contributed by atoms with Crippen LogP contribution in [-0.2, 0) is 4.74 Å². The summed E-state index contributed by atoms with van der Waals surface area (Å²) in [5.41, 5.74) is 0. The summed E-state index contributed by atoms with van der Waals surface area (Å²) in [4.78, 5) is 0. The molecule has 0 amide bonds. The molecule has 74 valence electrons. The number of aliphatic hydroxyl groups is 1. The van der Waals surface area contributed by atoms with E-state index in [4.69, 9.17) is 4.74 Å². The minimum atomic E-state index is -0.208. The zero-order valence-electron chi connectivity index (χ0n) is 8.71. The van der Waals surface area contributed by atoms with E-state index in [-0.39, 0.29) is 12.0 Å². The topological polar surface area (TPSA) is 29.5 Å². The monoisotopic (exact) mass is 174 g/mol. The van der Waals surface area contributed by atoms with Gasteiger partial charge in [0.1, 0.15) is 0 Å². The highest BCUT2D eigenvalue weighted by atomic mass is 16.5. The molecule has 0 aliphatic carbocycles. The zero-order valence-corrected chi connectivity index (χ0v) is 8.71. The van der Waals surface area contributed by atoms with Gasteiger partial charge in [-0.25, -0.2) is 0 Å². The molecule has 0 aliphatic rings. The SMILES string of the molecule is CCC(C)CC(O)C(C)COC. The zero-order chi connectivity index (χ0) is 9.56. The van der Waals surface area contributed by atoms with E-state index in [1.807, 2.05) is 6.92 Å². The number of aliphatic hydroxyl groups excluding tert-OH is 1. The van der Waals surface area contributed by atoms with Crippen molar-refractivity contribution in [3.8, 4) is 0 Å². The van der Waals surface area contributed by atoms with Crippen molar-refractivity contribution in [2.45, 2.75) is 39.7 Å². The predicted octanol–water partition coefficient (Wildman–Crippen LogP) is 2.07. The number of hydrogen-bond acceptors (Lipinski definition) is 2. The van der Waals surface area contributed by atoms with Crippen LogP contribution in [0.5, 0.6) is 0 Å². The first-order chi connectivity index (χ1) is 5.61. The van der Waals surface area contributed by atoms with Crippen LogP contribution in [0.15, 0.2) is 0 Å². The molecule has 0 aliphatic heterocycles. The van der Waals surface area contributed by atoms with Crippen molar-refractivity contribution in [3.05, 3.63) is 0 Å². The van der Waals surface area contributed by atoms with Crippen LogP contribution in [0.1, 0.15) is 33.6 Å². The lowest BCUT2D eigenvalue weighted by Gasteiger charge is -2.20. The Balaban J connectivity index is 3.62. The second-order valence-electron chi connectivity index (χ2n) is 3.75. The van der Waals surface area contributed by atoms with Crippen molar-refractivity contribution in [2.75, 3.05) is 13.7 Å². The maximum absolute atomic E-state index is 9.67. The average Bonchev–Trinajstić information content (AvgIpc) is 2.04. The maximum Gasteiger partial charge on any atom is 0.0590 e. The molecule has 0 aromatic rings. The second-order valence-corrected chi connectivity index (χ2v) is 3.75. The summed E-state index contributed by atoms with van der Waals surface area (Å²) in [6.45, 7) is 7.00. The summed E-state index contributed by atoms with van der Waals surface area (Å²) >= 11 is 0. The highest BCUT2D eigenvalue weighted by Gasteiger charge is 2.15. The first-order valence-electron chi connectivity index (χ1n) is 4.78. The Hall–Kier alpha value is -0.0800. The molecule has 3 unspecified atom stereocenters. The van der Waals surface area contributed by atoms with Gasteiger partial charge in [-0.15, -0.1) is 0 Å². The molecule has 0 aromatic heterocycles. The first-order valence-corrected chi connectivity index (χ1v) is 4.78. The van der Waals surface area contributed by atoms with Crippen LogP contribution in [0.3, 0.4) is 0 Å². The van der Waals surface area contributed by atoms with Gasteiger partial charge in [0.15, 0.2) is 0 Å². The van der Waals surface area contributed by atoms with E-state index in [9.17, 15) is 5.11 Å². The van der Waals surface area contributed by atoms with E-state index >= 15 is 0 Å². The Morgan fingerprint density at radius 2 is 1.92 bits per heavy atom. The quantitative estimate of drug-likeness (QED) is 0.668. The van der Waals surface area contributed by atoms with Crippen LogP contribution in [0, 0.1) is 11.8 Å². The fourth-order valence-electron chi connectivity index (χ4n) is 1.19. The summed E-state index contributed by atoms with van der Waals surface area (Å²) in [5, 5.41) is 9.67. The van der Waals surface area contributed by atoms with Gasteiger partial charge in [0.05, 0.1) is 12.7 Å². The fourth-order valence-corrected chi connectivity index (χ4v) is 1.19. The number of hydrogen-bond donors (Lipinski definition) is 1. The van der Waals surface area contributed by atoms with Gasteiger partial charge >= 0.3 is 0 Å². The van der Waals surface area contributed by atoms with Crippen molar-refractivity contribution in [1.82, 2.24) is 0 Å². The molecule has 0 radical (unpaired) electrons. The van der Waals surface area contributed by atoms with Gasteiger partial charge in [-0.05, 0) is 12.3 Å². The minimum absolute atomic E-state index is 0.208. The highest BCUT2D eigenvalue weighted by molar-refractivity contribution is 4.66. The van der Waals surface area contributed by atoms with Gasteiger partial charge in [-0.3, -0.25) is 0 Å². The minimum Gasteiger partial charge on any atom is -0.393 e. The second kappa shape index (κ2) is 6.44. The van der Waals surface area contributed by atoms with Gasteiger partial charge in [0.2, 0.25) is 0 Å². The highest BCUT2D eigenvalue weighted by Crippen LogP contribution is 2.15. The van der Waals surface area contributed by atoms with Crippen molar-refractivity contribution >= 4 is 0 Å². The molecule has 1 N–H and O–H groups in total. The molecular formula is C10H22O2. The molecule has 0 saturated carbocycles. The molecule has 3 atom stereocenters. The number of rotatable bonds is 6. The summed E-state index contributed by atoms with van der Waals surface area (Å²) in [5.74, 6) is 0.864. The molecule has 0 fully saturated rings. The molecule has 0 bridgehead atoms.